The average Bonchev–Trinajstić information content (AvgIpc) is 3.03. The van der Waals surface area contributed by atoms with E-state index in [1.54, 1.807) is 31.4 Å². The van der Waals surface area contributed by atoms with E-state index < -0.39 is 6.10 Å². The Balaban J connectivity index is 1.61. The highest BCUT2D eigenvalue weighted by molar-refractivity contribution is 5.94. The molecule has 1 amide bonds. The van der Waals surface area contributed by atoms with Crippen LogP contribution in [-0.4, -0.2) is 34.9 Å². The molecule has 0 aliphatic heterocycles. The number of carbonyl (C=O) groups is 1. The summed E-state index contributed by atoms with van der Waals surface area (Å²) in [4.78, 5) is 12.3. The summed E-state index contributed by atoms with van der Waals surface area (Å²) >= 11 is 0. The Bertz CT molecular complexity index is 679. The van der Waals surface area contributed by atoms with E-state index in [1.165, 1.54) is 0 Å². The lowest BCUT2D eigenvalue weighted by Gasteiger charge is -2.14. The minimum Gasteiger partial charge on any atom is -0.497 e. The normalized spacial score (nSPS) is 14.9. The third-order valence-electron chi connectivity index (χ3n) is 4.23. The van der Waals surface area contributed by atoms with Gasteiger partial charge in [-0.3, -0.25) is 9.89 Å². The van der Waals surface area contributed by atoms with Crippen LogP contribution in [0.2, 0.25) is 0 Å². The van der Waals surface area contributed by atoms with Crippen LogP contribution < -0.4 is 10.1 Å². The maximum atomic E-state index is 12.3. The summed E-state index contributed by atoms with van der Waals surface area (Å²) in [5.74, 6) is 0.491. The number of H-pyrrole nitrogens is 1. The van der Waals surface area contributed by atoms with Crippen LogP contribution >= 0.6 is 0 Å². The first-order chi connectivity index (χ1) is 11.2. The SMILES string of the molecule is COc1ccc(C(O)CNC(=O)c2n[nH]c3c2CCCC3)cc1. The second-order valence-electron chi connectivity index (χ2n) is 5.74. The number of aromatic nitrogens is 2. The maximum Gasteiger partial charge on any atom is 0.272 e. The molecular formula is C17H21N3O3. The second kappa shape index (κ2) is 6.83. The van der Waals surface area contributed by atoms with Crippen molar-refractivity contribution in [2.24, 2.45) is 0 Å². The predicted molar refractivity (Wildman–Crippen MR) is 85.5 cm³/mol. The number of hydrogen-bond acceptors (Lipinski definition) is 4. The first-order valence-electron chi connectivity index (χ1n) is 7.85. The largest absolute Gasteiger partial charge is 0.497 e. The van der Waals surface area contributed by atoms with Crippen molar-refractivity contribution >= 4 is 5.91 Å². The van der Waals surface area contributed by atoms with Crippen LogP contribution in [0.25, 0.3) is 0 Å². The summed E-state index contributed by atoms with van der Waals surface area (Å²) in [5.41, 5.74) is 3.28. The number of aryl methyl sites for hydroxylation is 1. The van der Waals surface area contributed by atoms with Gasteiger partial charge in [-0.25, -0.2) is 0 Å². The smallest absolute Gasteiger partial charge is 0.272 e. The Hall–Kier alpha value is -2.34. The zero-order valence-electron chi connectivity index (χ0n) is 13.1. The molecule has 6 heteroatoms. The van der Waals surface area contributed by atoms with Crippen molar-refractivity contribution in [1.29, 1.82) is 0 Å². The van der Waals surface area contributed by atoms with E-state index in [0.717, 1.165) is 48.3 Å². The van der Waals surface area contributed by atoms with Crippen molar-refractivity contribution in [3.05, 3.63) is 46.8 Å². The van der Waals surface area contributed by atoms with Crippen LogP contribution in [0.15, 0.2) is 24.3 Å². The zero-order valence-corrected chi connectivity index (χ0v) is 13.1. The molecule has 3 N–H and O–H groups in total. The van der Waals surface area contributed by atoms with Crippen LogP contribution in [0, 0.1) is 0 Å². The predicted octanol–water partition coefficient (Wildman–Crippen LogP) is 1.76. The fraction of sp³-hybridized carbons (Fsp3) is 0.412. The fourth-order valence-electron chi connectivity index (χ4n) is 2.89. The summed E-state index contributed by atoms with van der Waals surface area (Å²) in [6, 6.07) is 7.13. The maximum absolute atomic E-state index is 12.3. The highest BCUT2D eigenvalue weighted by atomic mass is 16.5. The molecule has 0 bridgehead atoms. The van der Waals surface area contributed by atoms with Gasteiger partial charge >= 0.3 is 0 Å². The molecule has 0 saturated carbocycles. The Kier molecular flexibility index (Phi) is 4.62. The van der Waals surface area contributed by atoms with E-state index in [9.17, 15) is 9.90 Å². The molecule has 1 atom stereocenters. The third kappa shape index (κ3) is 3.37. The molecular weight excluding hydrogens is 294 g/mol. The third-order valence-corrected chi connectivity index (χ3v) is 4.23. The number of fused-ring (bicyclic) bond motifs is 1. The van der Waals surface area contributed by atoms with Crippen molar-refractivity contribution < 1.29 is 14.6 Å². The van der Waals surface area contributed by atoms with Crippen molar-refractivity contribution in [3.63, 3.8) is 0 Å². The van der Waals surface area contributed by atoms with Gasteiger partial charge in [-0.1, -0.05) is 12.1 Å². The number of ether oxygens (including phenoxy) is 1. The summed E-state index contributed by atoms with van der Waals surface area (Å²) < 4.78 is 5.09. The number of hydrogen-bond donors (Lipinski definition) is 3. The van der Waals surface area contributed by atoms with Gasteiger partial charge in [0.05, 0.1) is 13.2 Å². The van der Waals surface area contributed by atoms with Gasteiger partial charge in [0.15, 0.2) is 5.69 Å². The molecule has 1 aliphatic rings. The van der Waals surface area contributed by atoms with Crippen molar-refractivity contribution in [2.75, 3.05) is 13.7 Å². The molecule has 2 aromatic rings. The Morgan fingerprint density at radius 2 is 2.09 bits per heavy atom. The molecule has 0 spiro atoms. The van der Waals surface area contributed by atoms with E-state index in [0.29, 0.717) is 5.69 Å². The summed E-state index contributed by atoms with van der Waals surface area (Å²) in [6.07, 6.45) is 3.28. The fourth-order valence-corrected chi connectivity index (χ4v) is 2.89. The average molecular weight is 315 g/mol. The lowest BCUT2D eigenvalue weighted by atomic mass is 9.96. The van der Waals surface area contributed by atoms with Gasteiger partial charge in [-0.15, -0.1) is 0 Å². The van der Waals surface area contributed by atoms with Gasteiger partial charge in [-0.05, 0) is 43.4 Å². The number of benzene rings is 1. The minimum atomic E-state index is -0.764. The zero-order chi connectivity index (χ0) is 16.2. The monoisotopic (exact) mass is 315 g/mol. The molecule has 1 aliphatic carbocycles. The molecule has 0 saturated heterocycles. The standard InChI is InChI=1S/C17H21N3O3/c1-23-12-8-6-11(7-9-12)15(21)10-18-17(22)16-13-4-2-3-5-14(13)19-20-16/h6-9,15,21H,2-5,10H2,1H3,(H,18,22)(H,19,20). The van der Waals surface area contributed by atoms with Crippen molar-refractivity contribution in [3.8, 4) is 5.75 Å². The quantitative estimate of drug-likeness (QED) is 0.784. The van der Waals surface area contributed by atoms with E-state index in [4.69, 9.17) is 4.74 Å². The number of amides is 1. The van der Waals surface area contributed by atoms with Gasteiger partial charge in [0.2, 0.25) is 0 Å². The van der Waals surface area contributed by atoms with Gasteiger partial charge in [0, 0.05) is 17.8 Å². The number of nitrogens with zero attached hydrogens (tertiary/aromatic N) is 1. The molecule has 1 aromatic carbocycles. The number of methoxy groups -OCH3 is 1. The molecule has 23 heavy (non-hydrogen) atoms. The number of nitrogens with one attached hydrogen (secondary N) is 2. The van der Waals surface area contributed by atoms with E-state index in [1.807, 2.05) is 0 Å². The molecule has 6 nitrogen and oxygen atoms in total. The molecule has 122 valence electrons. The van der Waals surface area contributed by atoms with Crippen LogP contribution in [0.4, 0.5) is 0 Å². The molecule has 1 heterocycles. The number of aliphatic hydroxyl groups excluding tert-OH is 1. The lowest BCUT2D eigenvalue weighted by Crippen LogP contribution is -2.29. The van der Waals surface area contributed by atoms with Crippen LogP contribution in [0.1, 0.15) is 46.3 Å². The Morgan fingerprint density at radius 3 is 2.83 bits per heavy atom. The summed E-state index contributed by atoms with van der Waals surface area (Å²) in [7, 11) is 1.59. The lowest BCUT2D eigenvalue weighted by molar-refractivity contribution is 0.0910. The van der Waals surface area contributed by atoms with Gasteiger partial charge in [-0.2, -0.15) is 5.10 Å². The van der Waals surface area contributed by atoms with Crippen LogP contribution in [0.5, 0.6) is 5.75 Å². The second-order valence-corrected chi connectivity index (χ2v) is 5.74. The van der Waals surface area contributed by atoms with Crippen molar-refractivity contribution in [2.45, 2.75) is 31.8 Å². The number of aliphatic hydroxyl groups is 1. The van der Waals surface area contributed by atoms with Crippen LogP contribution in [0.3, 0.4) is 0 Å². The summed E-state index contributed by atoms with van der Waals surface area (Å²) in [5, 5.41) is 20.0. The van der Waals surface area contributed by atoms with E-state index in [-0.39, 0.29) is 12.5 Å². The van der Waals surface area contributed by atoms with Crippen molar-refractivity contribution in [1.82, 2.24) is 15.5 Å². The first-order valence-corrected chi connectivity index (χ1v) is 7.85. The van der Waals surface area contributed by atoms with Gasteiger partial charge in [0.25, 0.3) is 5.91 Å². The highest BCUT2D eigenvalue weighted by Crippen LogP contribution is 2.22. The minimum absolute atomic E-state index is 0.146. The van der Waals surface area contributed by atoms with Gasteiger partial charge in [0.1, 0.15) is 5.75 Å². The molecule has 3 rings (SSSR count). The molecule has 1 aromatic heterocycles. The Labute approximate surface area is 134 Å². The van der Waals surface area contributed by atoms with Gasteiger partial charge < -0.3 is 15.2 Å². The number of aromatic amines is 1. The van der Waals surface area contributed by atoms with Crippen LogP contribution in [-0.2, 0) is 12.8 Å². The molecule has 0 fully saturated rings. The summed E-state index contributed by atoms with van der Waals surface area (Å²) in [6.45, 7) is 0.146. The highest BCUT2D eigenvalue weighted by Gasteiger charge is 2.22. The number of rotatable bonds is 5. The van der Waals surface area contributed by atoms with E-state index in [2.05, 4.69) is 15.5 Å². The first kappa shape index (κ1) is 15.6. The molecule has 1 unspecified atom stereocenters. The number of carbonyl (C=O) groups excluding carboxylic acids is 1. The Morgan fingerprint density at radius 1 is 1.35 bits per heavy atom. The topological polar surface area (TPSA) is 87.2 Å². The molecule has 0 radical (unpaired) electrons. The van der Waals surface area contributed by atoms with E-state index >= 15 is 0 Å².